The van der Waals surface area contributed by atoms with Gasteiger partial charge in [0, 0.05) is 25.8 Å². The summed E-state index contributed by atoms with van der Waals surface area (Å²) in [6.07, 6.45) is 4.40. The molecule has 1 aromatic heterocycles. The summed E-state index contributed by atoms with van der Waals surface area (Å²) in [5, 5.41) is 0. The molecule has 1 aliphatic heterocycles. The molecule has 0 aromatic carbocycles. The largest absolute Gasteiger partial charge is 0.457 e. The quantitative estimate of drug-likeness (QED) is 0.812. The number of furan rings is 1. The molecule has 20 heavy (non-hydrogen) atoms. The Kier molecular flexibility index (Phi) is 7.58. The first-order valence-electron chi connectivity index (χ1n) is 6.55. The van der Waals surface area contributed by atoms with Gasteiger partial charge in [-0.05, 0) is 41.7 Å². The molecule has 114 valence electrons. The highest BCUT2D eigenvalue weighted by Crippen LogP contribution is 2.19. The summed E-state index contributed by atoms with van der Waals surface area (Å²) in [6.45, 7) is 2.83. The number of likely N-dealkylation sites (tertiary alicyclic amines) is 1. The third-order valence-corrected chi connectivity index (χ3v) is 3.66. The standard InChI is InChI=1S/C13H19BrN2O3.ClH/c14-12-8-10(9-19-12)13(17)16-5-2-11(3-6-16)18-7-1-4-15;/h8-9,11H,1-7,15H2;1H. The first-order chi connectivity index (χ1) is 9.20. The van der Waals surface area contributed by atoms with Gasteiger partial charge in [-0.25, -0.2) is 0 Å². The van der Waals surface area contributed by atoms with E-state index in [2.05, 4.69) is 15.9 Å². The van der Waals surface area contributed by atoms with Crippen LogP contribution in [0.5, 0.6) is 0 Å². The van der Waals surface area contributed by atoms with Crippen molar-refractivity contribution in [2.75, 3.05) is 26.2 Å². The van der Waals surface area contributed by atoms with Gasteiger partial charge in [-0.2, -0.15) is 0 Å². The van der Waals surface area contributed by atoms with Crippen LogP contribution in [0.1, 0.15) is 29.6 Å². The zero-order chi connectivity index (χ0) is 13.7. The number of nitrogens with zero attached hydrogens (tertiary/aromatic N) is 1. The zero-order valence-corrected chi connectivity index (χ0v) is 13.6. The minimum absolute atomic E-state index is 0. The van der Waals surface area contributed by atoms with Crippen LogP contribution in [0, 0.1) is 0 Å². The lowest BCUT2D eigenvalue weighted by Gasteiger charge is -2.31. The molecule has 2 N–H and O–H groups in total. The fourth-order valence-corrected chi connectivity index (χ4v) is 2.50. The summed E-state index contributed by atoms with van der Waals surface area (Å²) in [6, 6.07) is 1.70. The van der Waals surface area contributed by atoms with E-state index in [4.69, 9.17) is 14.9 Å². The van der Waals surface area contributed by atoms with Crippen molar-refractivity contribution in [1.82, 2.24) is 4.90 Å². The van der Waals surface area contributed by atoms with Gasteiger partial charge in [-0.3, -0.25) is 4.79 Å². The predicted octanol–water partition coefficient (Wildman–Crippen LogP) is 2.43. The SMILES string of the molecule is Cl.NCCCOC1CCN(C(=O)c2coc(Br)c2)CC1. The van der Waals surface area contributed by atoms with Gasteiger partial charge in [-0.15, -0.1) is 12.4 Å². The predicted molar refractivity (Wildman–Crippen MR) is 82.2 cm³/mol. The van der Waals surface area contributed by atoms with Crippen molar-refractivity contribution >= 4 is 34.2 Å². The molecule has 0 unspecified atom stereocenters. The molecule has 0 saturated carbocycles. The van der Waals surface area contributed by atoms with Crippen molar-refractivity contribution in [3.8, 4) is 0 Å². The van der Waals surface area contributed by atoms with E-state index in [1.54, 1.807) is 6.07 Å². The third kappa shape index (κ3) is 4.77. The number of amides is 1. The highest BCUT2D eigenvalue weighted by atomic mass is 79.9. The smallest absolute Gasteiger partial charge is 0.257 e. The molecule has 0 atom stereocenters. The summed E-state index contributed by atoms with van der Waals surface area (Å²) in [7, 11) is 0. The summed E-state index contributed by atoms with van der Waals surface area (Å²) < 4.78 is 11.4. The third-order valence-electron chi connectivity index (χ3n) is 3.25. The fraction of sp³-hybridized carbons (Fsp3) is 0.615. The summed E-state index contributed by atoms with van der Waals surface area (Å²) in [4.78, 5) is 14.0. The number of rotatable bonds is 5. The molecule has 2 heterocycles. The van der Waals surface area contributed by atoms with Gasteiger partial charge in [0.25, 0.3) is 5.91 Å². The molecule has 1 amide bonds. The number of piperidine rings is 1. The molecule has 5 nitrogen and oxygen atoms in total. The van der Waals surface area contributed by atoms with Crippen molar-refractivity contribution in [2.24, 2.45) is 5.73 Å². The Morgan fingerprint density at radius 3 is 2.75 bits per heavy atom. The number of nitrogens with two attached hydrogens (primary N) is 1. The first-order valence-corrected chi connectivity index (χ1v) is 7.35. The van der Waals surface area contributed by atoms with Crippen LogP contribution in [0.4, 0.5) is 0 Å². The Morgan fingerprint density at radius 2 is 2.20 bits per heavy atom. The minimum atomic E-state index is 0. The van der Waals surface area contributed by atoms with Crippen LogP contribution in [0.15, 0.2) is 21.4 Å². The lowest BCUT2D eigenvalue weighted by molar-refractivity contribution is 0.00843. The first kappa shape index (κ1) is 17.5. The maximum Gasteiger partial charge on any atom is 0.257 e. The molecular weight excluding hydrogens is 348 g/mol. The molecule has 0 spiro atoms. The van der Waals surface area contributed by atoms with Gasteiger partial charge in [0.1, 0.15) is 6.26 Å². The van der Waals surface area contributed by atoms with E-state index in [0.29, 0.717) is 23.4 Å². The lowest BCUT2D eigenvalue weighted by atomic mass is 10.1. The van der Waals surface area contributed by atoms with Crippen LogP contribution in [-0.4, -0.2) is 43.2 Å². The molecule has 1 aliphatic rings. The van der Waals surface area contributed by atoms with Crippen molar-refractivity contribution in [3.63, 3.8) is 0 Å². The second-order valence-electron chi connectivity index (χ2n) is 4.64. The molecule has 0 radical (unpaired) electrons. The van der Waals surface area contributed by atoms with E-state index < -0.39 is 0 Å². The summed E-state index contributed by atoms with van der Waals surface area (Å²) >= 11 is 3.20. The average molecular weight is 368 g/mol. The van der Waals surface area contributed by atoms with E-state index in [1.807, 2.05) is 4.90 Å². The van der Waals surface area contributed by atoms with Crippen LogP contribution >= 0.6 is 28.3 Å². The van der Waals surface area contributed by atoms with Crippen LogP contribution < -0.4 is 5.73 Å². The van der Waals surface area contributed by atoms with Crippen molar-refractivity contribution in [3.05, 3.63) is 22.6 Å². The second kappa shape index (κ2) is 8.67. The highest BCUT2D eigenvalue weighted by molar-refractivity contribution is 9.10. The van der Waals surface area contributed by atoms with Crippen molar-refractivity contribution in [1.29, 1.82) is 0 Å². The molecule has 1 saturated heterocycles. The van der Waals surface area contributed by atoms with Gasteiger partial charge in [-0.1, -0.05) is 0 Å². The molecule has 0 aliphatic carbocycles. The molecule has 0 bridgehead atoms. The summed E-state index contributed by atoms with van der Waals surface area (Å²) in [5.74, 6) is 0.0230. The number of ether oxygens (including phenoxy) is 1. The topological polar surface area (TPSA) is 68.7 Å². The Bertz CT molecular complexity index is 420. The maximum atomic E-state index is 12.2. The van der Waals surface area contributed by atoms with E-state index in [1.165, 1.54) is 6.26 Å². The van der Waals surface area contributed by atoms with E-state index in [9.17, 15) is 4.79 Å². The van der Waals surface area contributed by atoms with Crippen LogP contribution in [0.3, 0.4) is 0 Å². The number of halogens is 2. The molecule has 1 aromatic rings. The minimum Gasteiger partial charge on any atom is -0.457 e. The van der Waals surface area contributed by atoms with E-state index >= 15 is 0 Å². The van der Waals surface area contributed by atoms with Gasteiger partial charge < -0.3 is 19.8 Å². The van der Waals surface area contributed by atoms with E-state index in [0.717, 1.165) is 32.4 Å². The van der Waals surface area contributed by atoms with E-state index in [-0.39, 0.29) is 24.4 Å². The van der Waals surface area contributed by atoms with Crippen LogP contribution in [-0.2, 0) is 4.74 Å². The molecule has 7 heteroatoms. The molecule has 2 rings (SSSR count). The fourth-order valence-electron chi connectivity index (χ4n) is 2.16. The number of carbonyl (C=O) groups excluding carboxylic acids is 1. The molecule has 1 fully saturated rings. The van der Waals surface area contributed by atoms with Crippen molar-refractivity contribution in [2.45, 2.75) is 25.4 Å². The lowest BCUT2D eigenvalue weighted by Crippen LogP contribution is -2.40. The molecular formula is C13H20BrClN2O3. The number of hydrogen-bond acceptors (Lipinski definition) is 4. The van der Waals surface area contributed by atoms with Crippen LogP contribution in [0.2, 0.25) is 0 Å². The van der Waals surface area contributed by atoms with Gasteiger partial charge in [0.15, 0.2) is 4.67 Å². The van der Waals surface area contributed by atoms with Gasteiger partial charge >= 0.3 is 0 Å². The second-order valence-corrected chi connectivity index (χ2v) is 5.43. The average Bonchev–Trinajstić information content (AvgIpc) is 2.86. The monoisotopic (exact) mass is 366 g/mol. The normalized spacial score (nSPS) is 16.0. The Balaban J connectivity index is 0.00000200. The maximum absolute atomic E-state index is 12.2. The number of carbonyl (C=O) groups is 1. The Morgan fingerprint density at radius 1 is 1.50 bits per heavy atom. The van der Waals surface area contributed by atoms with Crippen LogP contribution in [0.25, 0.3) is 0 Å². The number of hydrogen-bond donors (Lipinski definition) is 1. The Labute approximate surface area is 133 Å². The highest BCUT2D eigenvalue weighted by Gasteiger charge is 2.24. The van der Waals surface area contributed by atoms with Crippen molar-refractivity contribution < 1.29 is 13.9 Å². The Hall–Kier alpha value is -0.560. The van der Waals surface area contributed by atoms with Gasteiger partial charge in [0.2, 0.25) is 0 Å². The zero-order valence-electron chi connectivity index (χ0n) is 11.2. The summed E-state index contributed by atoms with van der Waals surface area (Å²) in [5.41, 5.74) is 6.02. The van der Waals surface area contributed by atoms with Gasteiger partial charge in [0.05, 0.1) is 11.7 Å².